The van der Waals surface area contributed by atoms with E-state index in [1.165, 1.54) is 6.08 Å². The van der Waals surface area contributed by atoms with E-state index in [1.807, 2.05) is 13.0 Å². The van der Waals surface area contributed by atoms with E-state index < -0.39 is 5.97 Å². The van der Waals surface area contributed by atoms with Gasteiger partial charge in [0.15, 0.2) is 0 Å². The van der Waals surface area contributed by atoms with Crippen LogP contribution in [-0.4, -0.2) is 29.2 Å². The van der Waals surface area contributed by atoms with Crippen LogP contribution in [0.15, 0.2) is 30.5 Å². The van der Waals surface area contributed by atoms with Gasteiger partial charge >= 0.3 is 5.97 Å². The Balaban J connectivity index is 2.40. The van der Waals surface area contributed by atoms with Gasteiger partial charge < -0.3 is 15.2 Å². The van der Waals surface area contributed by atoms with Crippen LogP contribution in [0.1, 0.15) is 6.92 Å². The standard InChI is InChI=1S/C11H14N2O3/c1-2-16-10-6-5-9(8-13-10)12-7-3-4-11(14)15/h3-6,8,12H,2,7H2,1H3,(H,14,15)/b4-3+. The summed E-state index contributed by atoms with van der Waals surface area (Å²) >= 11 is 0. The van der Waals surface area contributed by atoms with E-state index >= 15 is 0 Å². The normalized spacial score (nSPS) is 10.3. The zero-order valence-electron chi connectivity index (χ0n) is 9.01. The van der Waals surface area contributed by atoms with Crippen molar-refractivity contribution in [2.24, 2.45) is 0 Å². The third-order valence-electron chi connectivity index (χ3n) is 1.71. The molecule has 0 saturated carbocycles. The highest BCUT2D eigenvalue weighted by Crippen LogP contribution is 2.10. The van der Waals surface area contributed by atoms with Crippen LogP contribution in [0.25, 0.3) is 0 Å². The highest BCUT2D eigenvalue weighted by molar-refractivity contribution is 5.79. The molecule has 1 rings (SSSR count). The van der Waals surface area contributed by atoms with Crippen LogP contribution in [0, 0.1) is 0 Å². The number of anilines is 1. The molecule has 0 aliphatic carbocycles. The molecule has 0 radical (unpaired) electrons. The lowest BCUT2D eigenvalue weighted by Crippen LogP contribution is -2.00. The number of nitrogens with zero attached hydrogens (tertiary/aromatic N) is 1. The van der Waals surface area contributed by atoms with Gasteiger partial charge in [0.25, 0.3) is 0 Å². The molecule has 0 fully saturated rings. The fourth-order valence-corrected chi connectivity index (χ4v) is 1.05. The predicted molar refractivity (Wildman–Crippen MR) is 60.7 cm³/mol. The number of pyridine rings is 1. The lowest BCUT2D eigenvalue weighted by molar-refractivity contribution is -0.131. The minimum atomic E-state index is -0.952. The minimum absolute atomic E-state index is 0.446. The molecule has 1 aromatic rings. The molecule has 16 heavy (non-hydrogen) atoms. The first-order chi connectivity index (χ1) is 7.72. The van der Waals surface area contributed by atoms with Crippen molar-refractivity contribution in [2.45, 2.75) is 6.92 Å². The van der Waals surface area contributed by atoms with Crippen molar-refractivity contribution in [1.82, 2.24) is 4.98 Å². The SMILES string of the molecule is CCOc1ccc(NC/C=C/C(=O)O)cn1. The molecule has 2 N–H and O–H groups in total. The third-order valence-corrected chi connectivity index (χ3v) is 1.71. The van der Waals surface area contributed by atoms with Crippen LogP contribution in [0.3, 0.4) is 0 Å². The summed E-state index contributed by atoms with van der Waals surface area (Å²) in [6.45, 7) is 2.92. The zero-order chi connectivity index (χ0) is 11.8. The Kier molecular flexibility index (Phi) is 4.85. The molecule has 0 spiro atoms. The second kappa shape index (κ2) is 6.44. The van der Waals surface area contributed by atoms with Gasteiger partial charge in [-0.2, -0.15) is 0 Å². The molecule has 0 saturated heterocycles. The van der Waals surface area contributed by atoms with E-state index in [2.05, 4.69) is 10.3 Å². The summed E-state index contributed by atoms with van der Waals surface area (Å²) in [5, 5.41) is 11.4. The molecule has 86 valence electrons. The van der Waals surface area contributed by atoms with Gasteiger partial charge in [0.1, 0.15) is 0 Å². The van der Waals surface area contributed by atoms with Crippen LogP contribution < -0.4 is 10.1 Å². The maximum atomic E-state index is 10.2. The molecule has 0 aliphatic heterocycles. The first-order valence-electron chi connectivity index (χ1n) is 4.94. The van der Waals surface area contributed by atoms with Gasteiger partial charge in [-0.15, -0.1) is 0 Å². The Hall–Kier alpha value is -2.04. The highest BCUT2D eigenvalue weighted by Gasteiger charge is 1.94. The number of ether oxygens (including phenoxy) is 1. The maximum absolute atomic E-state index is 10.2. The van der Waals surface area contributed by atoms with Crippen molar-refractivity contribution >= 4 is 11.7 Å². The molecule has 0 aromatic carbocycles. The Morgan fingerprint density at radius 2 is 2.44 bits per heavy atom. The van der Waals surface area contributed by atoms with Crippen molar-refractivity contribution in [3.63, 3.8) is 0 Å². The Morgan fingerprint density at radius 1 is 1.62 bits per heavy atom. The topological polar surface area (TPSA) is 71.5 Å². The largest absolute Gasteiger partial charge is 0.478 e. The van der Waals surface area contributed by atoms with Crippen molar-refractivity contribution in [3.05, 3.63) is 30.5 Å². The molecule has 0 bridgehead atoms. The molecular weight excluding hydrogens is 208 g/mol. The van der Waals surface area contributed by atoms with Crippen LogP contribution in [-0.2, 0) is 4.79 Å². The number of carboxylic acid groups (broad SMARTS) is 1. The number of aromatic nitrogens is 1. The van der Waals surface area contributed by atoms with E-state index in [9.17, 15) is 4.79 Å². The lowest BCUT2D eigenvalue weighted by Gasteiger charge is -2.04. The number of hydrogen-bond acceptors (Lipinski definition) is 4. The third kappa shape index (κ3) is 4.45. The van der Waals surface area contributed by atoms with Crippen molar-refractivity contribution in [3.8, 4) is 5.88 Å². The zero-order valence-corrected chi connectivity index (χ0v) is 9.01. The Bertz CT molecular complexity index is 360. The van der Waals surface area contributed by atoms with Crippen molar-refractivity contribution in [1.29, 1.82) is 0 Å². The van der Waals surface area contributed by atoms with Crippen LogP contribution >= 0.6 is 0 Å². The van der Waals surface area contributed by atoms with Crippen molar-refractivity contribution in [2.75, 3.05) is 18.5 Å². The minimum Gasteiger partial charge on any atom is -0.478 e. The van der Waals surface area contributed by atoms with E-state index in [-0.39, 0.29) is 0 Å². The van der Waals surface area contributed by atoms with Gasteiger partial charge in [0, 0.05) is 18.7 Å². The smallest absolute Gasteiger partial charge is 0.328 e. The summed E-state index contributed by atoms with van der Waals surface area (Å²) < 4.78 is 5.19. The fraction of sp³-hybridized carbons (Fsp3) is 0.273. The van der Waals surface area contributed by atoms with Crippen LogP contribution in [0.2, 0.25) is 0 Å². The van der Waals surface area contributed by atoms with E-state index in [0.29, 0.717) is 19.0 Å². The number of hydrogen-bond donors (Lipinski definition) is 2. The molecule has 0 unspecified atom stereocenters. The summed E-state index contributed by atoms with van der Waals surface area (Å²) in [7, 11) is 0. The molecule has 1 aromatic heterocycles. The predicted octanol–water partition coefficient (Wildman–Crippen LogP) is 1.53. The quantitative estimate of drug-likeness (QED) is 0.714. The molecule has 0 amide bonds. The Morgan fingerprint density at radius 3 is 3.00 bits per heavy atom. The second-order valence-electron chi connectivity index (χ2n) is 2.94. The van der Waals surface area contributed by atoms with Gasteiger partial charge in [-0.05, 0) is 13.0 Å². The van der Waals surface area contributed by atoms with E-state index in [0.717, 1.165) is 11.8 Å². The van der Waals surface area contributed by atoms with Crippen LogP contribution in [0.4, 0.5) is 5.69 Å². The number of carbonyl (C=O) groups is 1. The van der Waals surface area contributed by atoms with E-state index in [4.69, 9.17) is 9.84 Å². The van der Waals surface area contributed by atoms with Gasteiger partial charge in [-0.1, -0.05) is 6.08 Å². The fourth-order valence-electron chi connectivity index (χ4n) is 1.05. The second-order valence-corrected chi connectivity index (χ2v) is 2.94. The molecule has 0 atom stereocenters. The average molecular weight is 222 g/mol. The van der Waals surface area contributed by atoms with Crippen LogP contribution in [0.5, 0.6) is 5.88 Å². The Labute approximate surface area is 93.8 Å². The molecule has 1 heterocycles. The number of aliphatic carboxylic acids is 1. The summed E-state index contributed by atoms with van der Waals surface area (Å²) in [5.41, 5.74) is 0.818. The summed E-state index contributed by atoms with van der Waals surface area (Å²) in [6, 6.07) is 3.58. The number of nitrogens with one attached hydrogen (secondary N) is 1. The van der Waals surface area contributed by atoms with Crippen molar-refractivity contribution < 1.29 is 14.6 Å². The van der Waals surface area contributed by atoms with E-state index in [1.54, 1.807) is 12.3 Å². The summed E-state index contributed by atoms with van der Waals surface area (Å²) in [6.07, 6.45) is 4.26. The number of carboxylic acids is 1. The van der Waals surface area contributed by atoms with Gasteiger partial charge in [-0.3, -0.25) is 0 Å². The summed E-state index contributed by atoms with van der Waals surface area (Å²) in [5.74, 6) is -0.374. The van der Waals surface area contributed by atoms with Gasteiger partial charge in [0.05, 0.1) is 18.5 Å². The molecule has 5 nitrogen and oxygen atoms in total. The summed E-state index contributed by atoms with van der Waals surface area (Å²) in [4.78, 5) is 14.2. The van der Waals surface area contributed by atoms with Gasteiger partial charge in [0.2, 0.25) is 5.88 Å². The first-order valence-corrected chi connectivity index (χ1v) is 4.94. The lowest BCUT2D eigenvalue weighted by atomic mass is 10.4. The first kappa shape index (κ1) is 12.0. The van der Waals surface area contributed by atoms with Gasteiger partial charge in [-0.25, -0.2) is 9.78 Å². The molecular formula is C11H14N2O3. The average Bonchev–Trinajstić information content (AvgIpc) is 2.27. The maximum Gasteiger partial charge on any atom is 0.328 e. The highest BCUT2D eigenvalue weighted by atomic mass is 16.5. The monoisotopic (exact) mass is 222 g/mol. The molecule has 0 aliphatic rings. The molecule has 5 heteroatoms. The number of rotatable bonds is 6.